The van der Waals surface area contributed by atoms with Crippen molar-refractivity contribution >= 4 is 0 Å². The van der Waals surface area contributed by atoms with Crippen molar-refractivity contribution in [1.29, 1.82) is 0 Å². The predicted octanol–water partition coefficient (Wildman–Crippen LogP) is -0.985. The Labute approximate surface area is 195 Å². The van der Waals surface area contributed by atoms with E-state index in [9.17, 15) is 35.7 Å². The van der Waals surface area contributed by atoms with Crippen LogP contribution < -0.4 is 0 Å². The van der Waals surface area contributed by atoms with Gasteiger partial charge in [0.2, 0.25) is 0 Å². The molecule has 0 aliphatic carbocycles. The quantitative estimate of drug-likeness (QED) is 0.0939. The molecule has 11 heteroatoms. The summed E-state index contributed by atoms with van der Waals surface area (Å²) in [5, 5.41) is 69.1. The maximum absolute atomic E-state index is 10.6. The van der Waals surface area contributed by atoms with Gasteiger partial charge in [0.15, 0.2) is 12.6 Å². The van der Waals surface area contributed by atoms with Crippen molar-refractivity contribution in [2.24, 2.45) is 0 Å². The van der Waals surface area contributed by atoms with E-state index >= 15 is 0 Å². The fourth-order valence-electron chi connectivity index (χ4n) is 3.55. The van der Waals surface area contributed by atoms with E-state index in [0.717, 1.165) is 25.7 Å². The number of rotatable bonds is 18. The summed E-state index contributed by atoms with van der Waals surface area (Å²) in [5.74, 6) is 0. The molecule has 11 nitrogen and oxygen atoms in total. The molecule has 9 atom stereocenters. The minimum absolute atomic E-state index is 0.313. The average Bonchev–Trinajstić information content (AvgIpc) is 2.81. The first-order valence-electron chi connectivity index (χ1n) is 11.9. The lowest BCUT2D eigenvalue weighted by Crippen LogP contribution is -2.61. The second-order valence-electron chi connectivity index (χ2n) is 8.52. The molecular weight excluding hydrogens is 440 g/mol. The molecular formula is C22H44O11. The first-order valence-corrected chi connectivity index (χ1v) is 11.9. The van der Waals surface area contributed by atoms with Crippen LogP contribution in [0.4, 0.5) is 0 Å². The van der Waals surface area contributed by atoms with Gasteiger partial charge in [-0.25, -0.2) is 0 Å². The van der Waals surface area contributed by atoms with Crippen molar-refractivity contribution in [2.75, 3.05) is 26.4 Å². The van der Waals surface area contributed by atoms with Crippen molar-refractivity contribution in [3.8, 4) is 0 Å². The third kappa shape index (κ3) is 10.4. The van der Waals surface area contributed by atoms with E-state index in [0.29, 0.717) is 6.61 Å². The van der Waals surface area contributed by atoms with Gasteiger partial charge in [-0.05, 0) is 13.3 Å². The summed E-state index contributed by atoms with van der Waals surface area (Å²) in [4.78, 5) is 0. The molecule has 1 heterocycles. The normalized spacial score (nSPS) is 29.5. The maximum Gasteiger partial charge on any atom is 0.186 e. The minimum atomic E-state index is -1.59. The number of aliphatic hydroxyl groups excluding tert-OH is 7. The lowest BCUT2D eigenvalue weighted by molar-refractivity contribution is -0.341. The summed E-state index contributed by atoms with van der Waals surface area (Å²) >= 11 is 0. The Hall–Kier alpha value is -0.440. The molecule has 0 radical (unpaired) electrons. The van der Waals surface area contributed by atoms with Gasteiger partial charge in [0.05, 0.1) is 25.9 Å². The minimum Gasteiger partial charge on any atom is -0.394 e. The fraction of sp³-hybridized carbons (Fsp3) is 1.00. The standard InChI is InChI=1S/C22H44O11/c1-3-4-5-6-7-8-9-10-30-22-19(29)18(28)20(17(13-25)32-22)33-21(15(27)11-23)31-16(12-24)14(2)26/h14-29H,3-13H2,1-2H3/t14-,15-,16?,17?,18?,19-,20+,21+,22+/m0/s1. The molecule has 0 aromatic rings. The molecule has 1 rings (SSSR count). The van der Waals surface area contributed by atoms with E-state index in [1.165, 1.54) is 26.2 Å². The van der Waals surface area contributed by atoms with Gasteiger partial charge in [-0.3, -0.25) is 0 Å². The van der Waals surface area contributed by atoms with Crippen molar-refractivity contribution in [3.63, 3.8) is 0 Å². The molecule has 7 N–H and O–H groups in total. The van der Waals surface area contributed by atoms with Gasteiger partial charge in [-0.15, -0.1) is 0 Å². The van der Waals surface area contributed by atoms with Crippen LogP contribution in [0.3, 0.4) is 0 Å². The Bertz CT molecular complexity index is 479. The zero-order valence-electron chi connectivity index (χ0n) is 19.7. The SMILES string of the molecule is CCCCCCCCCO[C@@H]1OC(CO)[C@@H](O[C@@H](OC(CO)[C@H](C)O)[C@@H](O)CO)C(O)[C@@H]1O. The van der Waals surface area contributed by atoms with E-state index < -0.39 is 75.1 Å². The molecule has 0 amide bonds. The molecule has 1 aliphatic heterocycles. The van der Waals surface area contributed by atoms with Crippen molar-refractivity contribution in [1.82, 2.24) is 0 Å². The fourth-order valence-corrected chi connectivity index (χ4v) is 3.55. The summed E-state index contributed by atoms with van der Waals surface area (Å²) in [5.41, 5.74) is 0. The van der Waals surface area contributed by atoms with E-state index in [1.807, 2.05) is 0 Å². The van der Waals surface area contributed by atoms with Crippen molar-refractivity contribution in [3.05, 3.63) is 0 Å². The van der Waals surface area contributed by atoms with Crippen LogP contribution in [0.25, 0.3) is 0 Å². The first-order chi connectivity index (χ1) is 15.8. The lowest BCUT2D eigenvalue weighted by atomic mass is 9.99. The number of aliphatic hydroxyl groups is 7. The Morgan fingerprint density at radius 3 is 2.06 bits per heavy atom. The van der Waals surface area contributed by atoms with Gasteiger partial charge in [0.1, 0.15) is 36.6 Å². The van der Waals surface area contributed by atoms with Crippen LogP contribution in [0.5, 0.6) is 0 Å². The molecule has 0 saturated carbocycles. The van der Waals surface area contributed by atoms with Gasteiger partial charge < -0.3 is 54.7 Å². The Morgan fingerprint density at radius 2 is 1.52 bits per heavy atom. The molecule has 0 aromatic heterocycles. The first kappa shape index (κ1) is 30.6. The van der Waals surface area contributed by atoms with Crippen molar-refractivity contribution < 1.29 is 54.7 Å². The molecule has 1 saturated heterocycles. The number of unbranched alkanes of at least 4 members (excludes halogenated alkanes) is 6. The molecule has 1 fully saturated rings. The highest BCUT2D eigenvalue weighted by Crippen LogP contribution is 2.27. The summed E-state index contributed by atoms with van der Waals surface area (Å²) in [7, 11) is 0. The van der Waals surface area contributed by atoms with Crippen LogP contribution in [-0.2, 0) is 18.9 Å². The highest BCUT2D eigenvalue weighted by Gasteiger charge is 2.47. The van der Waals surface area contributed by atoms with E-state index in [-0.39, 0.29) is 0 Å². The second kappa shape index (κ2) is 17.1. The predicted molar refractivity (Wildman–Crippen MR) is 117 cm³/mol. The zero-order chi connectivity index (χ0) is 24.8. The Balaban J connectivity index is 2.65. The molecule has 3 unspecified atom stereocenters. The van der Waals surface area contributed by atoms with Gasteiger partial charge in [0.25, 0.3) is 0 Å². The molecule has 33 heavy (non-hydrogen) atoms. The van der Waals surface area contributed by atoms with Crippen LogP contribution in [-0.4, -0.2) is 117 Å². The molecule has 0 aromatic carbocycles. The van der Waals surface area contributed by atoms with Crippen molar-refractivity contribution in [2.45, 2.75) is 114 Å². The second-order valence-corrected chi connectivity index (χ2v) is 8.52. The zero-order valence-corrected chi connectivity index (χ0v) is 19.7. The van der Waals surface area contributed by atoms with E-state index in [4.69, 9.17) is 18.9 Å². The highest BCUT2D eigenvalue weighted by molar-refractivity contribution is 4.91. The number of hydrogen-bond donors (Lipinski definition) is 7. The Morgan fingerprint density at radius 1 is 0.879 bits per heavy atom. The highest BCUT2D eigenvalue weighted by atomic mass is 16.7. The van der Waals surface area contributed by atoms with Gasteiger partial charge >= 0.3 is 0 Å². The van der Waals surface area contributed by atoms with Gasteiger partial charge in [-0.2, -0.15) is 0 Å². The summed E-state index contributed by atoms with van der Waals surface area (Å²) in [6.45, 7) is 1.87. The van der Waals surface area contributed by atoms with Crippen LogP contribution in [0, 0.1) is 0 Å². The molecule has 1 aliphatic rings. The number of hydrogen-bond acceptors (Lipinski definition) is 11. The summed E-state index contributed by atoms with van der Waals surface area (Å²) < 4.78 is 22.1. The largest absolute Gasteiger partial charge is 0.394 e. The third-order valence-electron chi connectivity index (χ3n) is 5.67. The summed E-state index contributed by atoms with van der Waals surface area (Å²) in [6.07, 6.45) is -4.55. The lowest BCUT2D eigenvalue weighted by Gasteiger charge is -2.43. The molecule has 198 valence electrons. The number of ether oxygens (including phenoxy) is 4. The van der Waals surface area contributed by atoms with Gasteiger partial charge in [-0.1, -0.05) is 45.4 Å². The topological polar surface area (TPSA) is 179 Å². The van der Waals surface area contributed by atoms with E-state index in [2.05, 4.69) is 6.92 Å². The summed E-state index contributed by atoms with van der Waals surface area (Å²) in [6, 6.07) is 0. The monoisotopic (exact) mass is 484 g/mol. The van der Waals surface area contributed by atoms with Crippen LogP contribution >= 0.6 is 0 Å². The van der Waals surface area contributed by atoms with Crippen LogP contribution in [0.2, 0.25) is 0 Å². The molecule has 0 spiro atoms. The van der Waals surface area contributed by atoms with Crippen LogP contribution in [0.1, 0.15) is 58.8 Å². The van der Waals surface area contributed by atoms with E-state index in [1.54, 1.807) is 0 Å². The maximum atomic E-state index is 10.6. The van der Waals surface area contributed by atoms with Crippen LogP contribution in [0.15, 0.2) is 0 Å². The average molecular weight is 485 g/mol. The van der Waals surface area contributed by atoms with Gasteiger partial charge in [0, 0.05) is 6.61 Å². The Kier molecular flexibility index (Phi) is 15.8. The third-order valence-corrected chi connectivity index (χ3v) is 5.67. The molecule has 0 bridgehead atoms. The smallest absolute Gasteiger partial charge is 0.186 e.